The third-order valence-corrected chi connectivity index (χ3v) is 6.31. The van der Waals surface area contributed by atoms with Crippen LogP contribution in [0.5, 0.6) is 0 Å². The average Bonchev–Trinajstić information content (AvgIpc) is 3.13. The lowest BCUT2D eigenvalue weighted by molar-refractivity contribution is -0.207. The number of nitrogens with one attached hydrogen (secondary N) is 2. The van der Waals surface area contributed by atoms with Gasteiger partial charge in [0.2, 0.25) is 5.91 Å². The summed E-state index contributed by atoms with van der Waals surface area (Å²) in [6.45, 7) is -2.07. The maximum Gasteiger partial charge on any atom is 0.416 e. The summed E-state index contributed by atoms with van der Waals surface area (Å²) in [7, 11) is 0. The van der Waals surface area contributed by atoms with Crippen molar-refractivity contribution in [2.45, 2.75) is 31.4 Å². The van der Waals surface area contributed by atoms with Crippen molar-refractivity contribution in [2.75, 3.05) is 6.54 Å². The van der Waals surface area contributed by atoms with Crippen LogP contribution in [0.15, 0.2) is 47.3 Å². The predicted molar refractivity (Wildman–Crippen MR) is 134 cm³/mol. The van der Waals surface area contributed by atoms with E-state index in [0.29, 0.717) is 19.8 Å². The van der Waals surface area contributed by atoms with Gasteiger partial charge >= 0.3 is 17.9 Å². The van der Waals surface area contributed by atoms with Crippen LogP contribution in [0, 0.1) is 0 Å². The van der Waals surface area contributed by atoms with Crippen molar-refractivity contribution in [2.24, 2.45) is 5.73 Å². The number of aromatic nitrogens is 3. The molecule has 3 rings (SSSR count). The molecule has 3 amide bonds. The number of hydrogen-bond acceptors (Lipinski definition) is 5. The molecular formula is C22H20Cl3F3N6O4. The molecule has 2 aromatic carbocycles. The quantitative estimate of drug-likeness (QED) is 0.301. The number of urea groups is 1. The van der Waals surface area contributed by atoms with Gasteiger partial charge in [0.05, 0.1) is 22.6 Å². The van der Waals surface area contributed by atoms with Crippen molar-refractivity contribution in [3.05, 3.63) is 73.6 Å². The number of aliphatic hydroxyl groups excluding tert-OH is 1. The van der Waals surface area contributed by atoms with Crippen molar-refractivity contribution >= 4 is 46.7 Å². The number of alkyl halides is 3. The molecule has 0 aliphatic heterocycles. The van der Waals surface area contributed by atoms with Crippen molar-refractivity contribution in [1.82, 2.24) is 25.0 Å². The highest BCUT2D eigenvalue weighted by Gasteiger charge is 2.39. The average molecular weight is 596 g/mol. The molecule has 3 aromatic rings. The third-order valence-electron chi connectivity index (χ3n) is 5.23. The van der Waals surface area contributed by atoms with Crippen LogP contribution in [0.4, 0.5) is 18.0 Å². The number of carbonyl (C=O) groups is 2. The van der Waals surface area contributed by atoms with Crippen LogP contribution in [0.1, 0.15) is 11.6 Å². The van der Waals surface area contributed by atoms with Gasteiger partial charge in [-0.25, -0.2) is 14.3 Å². The van der Waals surface area contributed by atoms with E-state index in [-0.39, 0.29) is 28.0 Å². The first-order valence-electron chi connectivity index (χ1n) is 10.7. The first kappa shape index (κ1) is 29.3. The second-order valence-corrected chi connectivity index (χ2v) is 9.17. The molecule has 2 atom stereocenters. The Balaban J connectivity index is 1.85. The maximum atomic E-state index is 13.0. The normalized spacial score (nSPS) is 13.1. The molecule has 38 heavy (non-hydrogen) atoms. The van der Waals surface area contributed by atoms with Crippen LogP contribution in [-0.4, -0.2) is 50.2 Å². The van der Waals surface area contributed by atoms with E-state index in [2.05, 4.69) is 15.7 Å². The highest BCUT2D eigenvalue weighted by Crippen LogP contribution is 2.30. The summed E-state index contributed by atoms with van der Waals surface area (Å²) in [6, 6.07) is 8.53. The van der Waals surface area contributed by atoms with Crippen LogP contribution in [-0.2, 0) is 17.9 Å². The first-order chi connectivity index (χ1) is 17.8. The van der Waals surface area contributed by atoms with Crippen molar-refractivity contribution in [3.63, 3.8) is 0 Å². The Labute approximate surface area is 228 Å². The van der Waals surface area contributed by atoms with Crippen LogP contribution >= 0.6 is 34.8 Å². The van der Waals surface area contributed by atoms with E-state index in [9.17, 15) is 32.7 Å². The van der Waals surface area contributed by atoms with Gasteiger partial charge in [0.15, 0.2) is 11.9 Å². The molecule has 1 heterocycles. The second kappa shape index (κ2) is 12.1. The molecule has 0 aliphatic carbocycles. The topological polar surface area (TPSA) is 144 Å². The summed E-state index contributed by atoms with van der Waals surface area (Å²) in [5.41, 5.74) is 4.72. The lowest BCUT2D eigenvalue weighted by Crippen LogP contribution is -2.42. The van der Waals surface area contributed by atoms with Gasteiger partial charge in [0.1, 0.15) is 6.54 Å². The highest BCUT2D eigenvalue weighted by atomic mass is 35.5. The van der Waals surface area contributed by atoms with Crippen LogP contribution < -0.4 is 22.1 Å². The molecule has 204 valence electrons. The van der Waals surface area contributed by atoms with E-state index in [4.69, 9.17) is 40.5 Å². The molecule has 0 aliphatic rings. The Kier molecular flexibility index (Phi) is 9.31. The summed E-state index contributed by atoms with van der Waals surface area (Å²) in [5.74, 6) is -0.994. The largest absolute Gasteiger partial charge is 0.416 e. The van der Waals surface area contributed by atoms with Gasteiger partial charge in [-0.1, -0.05) is 46.9 Å². The SMILES string of the molecule is NC(=O)NC(CNC(=O)Cn1nc(-c2ccc(Cl)cc2)n(C[C@H](O)C(F)(F)F)c1=O)c1cccc(Cl)c1Cl. The fraction of sp³-hybridized carbons (Fsp3) is 0.273. The van der Waals surface area contributed by atoms with E-state index >= 15 is 0 Å². The van der Waals surface area contributed by atoms with Gasteiger partial charge in [-0.05, 0) is 35.9 Å². The van der Waals surface area contributed by atoms with E-state index in [1.54, 1.807) is 12.1 Å². The standard InChI is InChI=1S/C22H20Cl3F3N6O4/c23-12-6-4-11(5-7-12)19-32-34(21(38)33(19)9-16(35)22(26,27)28)10-17(36)30-8-15(31-20(29)37)13-2-1-3-14(24)18(13)25/h1-7,15-16,35H,8-10H2,(H,30,36)(H3,29,31,37)/t15?,16-/m0/s1. The van der Waals surface area contributed by atoms with Gasteiger partial charge in [0.25, 0.3) is 0 Å². The second-order valence-electron chi connectivity index (χ2n) is 7.95. The van der Waals surface area contributed by atoms with Gasteiger partial charge in [0, 0.05) is 17.1 Å². The van der Waals surface area contributed by atoms with E-state index in [1.807, 2.05) is 0 Å². The number of primary amides is 1. The van der Waals surface area contributed by atoms with Gasteiger partial charge in [-0.15, -0.1) is 5.10 Å². The van der Waals surface area contributed by atoms with Crippen LogP contribution in [0.2, 0.25) is 15.1 Å². The molecule has 5 N–H and O–H groups in total. The summed E-state index contributed by atoms with van der Waals surface area (Å²) >= 11 is 18.1. The minimum atomic E-state index is -5.00. The van der Waals surface area contributed by atoms with Crippen LogP contribution in [0.3, 0.4) is 0 Å². The number of aliphatic hydroxyl groups is 1. The Morgan fingerprint density at radius 2 is 1.76 bits per heavy atom. The molecule has 0 radical (unpaired) electrons. The van der Waals surface area contributed by atoms with E-state index < -0.39 is 49.0 Å². The Hall–Kier alpha value is -3.26. The van der Waals surface area contributed by atoms with Gasteiger partial charge in [-0.3, -0.25) is 9.36 Å². The lowest BCUT2D eigenvalue weighted by Gasteiger charge is -2.20. The highest BCUT2D eigenvalue weighted by molar-refractivity contribution is 6.42. The Bertz CT molecular complexity index is 1380. The molecule has 10 nitrogen and oxygen atoms in total. The molecular weight excluding hydrogens is 576 g/mol. The summed E-state index contributed by atoms with van der Waals surface area (Å²) in [4.78, 5) is 37.0. The minimum Gasteiger partial charge on any atom is -0.382 e. The molecule has 1 aromatic heterocycles. The molecule has 0 spiro atoms. The Morgan fingerprint density at radius 1 is 1.11 bits per heavy atom. The number of halogens is 6. The zero-order valence-corrected chi connectivity index (χ0v) is 21.4. The molecule has 0 bridgehead atoms. The molecule has 1 unspecified atom stereocenters. The maximum absolute atomic E-state index is 13.0. The number of hydrogen-bond donors (Lipinski definition) is 4. The third kappa shape index (κ3) is 7.19. The van der Waals surface area contributed by atoms with Crippen LogP contribution in [0.25, 0.3) is 11.4 Å². The number of nitrogens with zero attached hydrogens (tertiary/aromatic N) is 3. The monoisotopic (exact) mass is 594 g/mol. The zero-order chi connectivity index (χ0) is 28.2. The number of benzene rings is 2. The Morgan fingerprint density at radius 3 is 2.37 bits per heavy atom. The van der Waals surface area contributed by atoms with Crippen molar-refractivity contribution in [3.8, 4) is 11.4 Å². The summed E-state index contributed by atoms with van der Waals surface area (Å²) in [6.07, 6.45) is -7.86. The molecule has 16 heteroatoms. The summed E-state index contributed by atoms with van der Waals surface area (Å²) in [5, 5.41) is 19.1. The summed E-state index contributed by atoms with van der Waals surface area (Å²) < 4.78 is 40.3. The first-order valence-corrected chi connectivity index (χ1v) is 11.9. The van der Waals surface area contributed by atoms with Gasteiger partial charge in [-0.2, -0.15) is 13.2 Å². The number of rotatable bonds is 9. The molecule has 0 saturated carbocycles. The molecule has 0 fully saturated rings. The van der Waals surface area contributed by atoms with Crippen molar-refractivity contribution < 1.29 is 27.9 Å². The zero-order valence-electron chi connectivity index (χ0n) is 19.2. The lowest BCUT2D eigenvalue weighted by atomic mass is 10.1. The minimum absolute atomic E-state index is 0.118. The number of carbonyl (C=O) groups excluding carboxylic acids is 2. The van der Waals surface area contributed by atoms with Crippen molar-refractivity contribution in [1.29, 1.82) is 0 Å². The number of nitrogens with two attached hydrogens (primary N) is 1. The van der Waals surface area contributed by atoms with E-state index in [0.717, 1.165) is 0 Å². The predicted octanol–water partition coefficient (Wildman–Crippen LogP) is 3.12. The van der Waals surface area contributed by atoms with E-state index in [1.165, 1.54) is 30.3 Å². The fourth-order valence-electron chi connectivity index (χ4n) is 3.41. The number of amides is 3. The smallest absolute Gasteiger partial charge is 0.382 e. The van der Waals surface area contributed by atoms with Gasteiger partial charge < -0.3 is 21.5 Å². The fourth-order valence-corrected chi connectivity index (χ4v) is 3.97. The molecule has 0 saturated heterocycles.